The molecule has 0 saturated heterocycles. The maximum absolute atomic E-state index is 11.5. The van der Waals surface area contributed by atoms with Gasteiger partial charge in [0.1, 0.15) is 5.75 Å². The van der Waals surface area contributed by atoms with Crippen molar-refractivity contribution >= 4 is 17.3 Å². The number of carbonyl (C=O) groups is 1. The molecule has 1 aromatic carbocycles. The Bertz CT molecular complexity index is 409. The number of hydrogen-bond acceptors (Lipinski definition) is 4. The molecule has 0 aliphatic carbocycles. The van der Waals surface area contributed by atoms with Crippen molar-refractivity contribution in [3.63, 3.8) is 0 Å². The van der Waals surface area contributed by atoms with E-state index in [4.69, 9.17) is 5.73 Å². The molecule has 0 bridgehead atoms. The summed E-state index contributed by atoms with van der Waals surface area (Å²) in [6, 6.07) is 4.30. The first-order valence-electron chi connectivity index (χ1n) is 4.40. The zero-order valence-electron chi connectivity index (χ0n) is 8.61. The highest BCUT2D eigenvalue weighted by molar-refractivity contribution is 5.97. The Morgan fingerprint density at radius 1 is 1.47 bits per heavy atom. The summed E-state index contributed by atoms with van der Waals surface area (Å²) in [5.41, 5.74) is 9.01. The molecule has 0 heterocycles. The average Bonchev–Trinajstić information content (AvgIpc) is 2.14. The molecule has 5 heteroatoms. The lowest BCUT2D eigenvalue weighted by atomic mass is 10.2. The first-order valence-corrected chi connectivity index (χ1v) is 4.40. The van der Waals surface area contributed by atoms with Crippen molar-refractivity contribution in [1.29, 1.82) is 0 Å². The highest BCUT2D eigenvalue weighted by Gasteiger charge is 2.09. The normalized spacial score (nSPS) is 9.47. The number of aromatic hydroxyl groups is 1. The maximum atomic E-state index is 11.5. The van der Waals surface area contributed by atoms with Crippen LogP contribution in [0.5, 0.6) is 5.75 Å². The third kappa shape index (κ3) is 2.98. The first kappa shape index (κ1) is 11.0. The van der Waals surface area contributed by atoms with Crippen LogP contribution in [0.3, 0.4) is 0 Å². The number of phenols is 1. The summed E-state index contributed by atoms with van der Waals surface area (Å²) in [7, 11) is 0. The molecular weight excluding hydrogens is 194 g/mol. The lowest BCUT2D eigenvalue weighted by Gasteiger charge is -2.03. The Kier molecular flexibility index (Phi) is 3.28. The van der Waals surface area contributed by atoms with Gasteiger partial charge in [-0.2, -0.15) is 5.10 Å². The Labute approximate surface area is 87.6 Å². The van der Waals surface area contributed by atoms with Crippen LogP contribution in [0, 0.1) is 0 Å². The number of anilines is 1. The van der Waals surface area contributed by atoms with Crippen molar-refractivity contribution in [2.24, 2.45) is 5.10 Å². The number of hydrazone groups is 1. The van der Waals surface area contributed by atoms with E-state index in [1.807, 2.05) is 0 Å². The smallest absolute Gasteiger partial charge is 0.275 e. The number of phenolic OH excluding ortho intramolecular Hbond substituents is 1. The molecule has 0 spiro atoms. The van der Waals surface area contributed by atoms with E-state index < -0.39 is 5.91 Å². The van der Waals surface area contributed by atoms with Gasteiger partial charge in [-0.15, -0.1) is 0 Å². The van der Waals surface area contributed by atoms with Gasteiger partial charge in [0.2, 0.25) is 0 Å². The van der Waals surface area contributed by atoms with Gasteiger partial charge in [-0.1, -0.05) is 0 Å². The van der Waals surface area contributed by atoms with Gasteiger partial charge in [0.25, 0.3) is 5.91 Å². The van der Waals surface area contributed by atoms with Crippen molar-refractivity contribution in [2.75, 3.05) is 5.73 Å². The van der Waals surface area contributed by atoms with E-state index in [1.165, 1.54) is 18.2 Å². The number of nitrogens with zero attached hydrogens (tertiary/aromatic N) is 1. The minimum absolute atomic E-state index is 0.147. The number of benzene rings is 1. The highest BCUT2D eigenvalue weighted by Crippen LogP contribution is 2.19. The second kappa shape index (κ2) is 4.45. The summed E-state index contributed by atoms with van der Waals surface area (Å²) >= 11 is 0. The van der Waals surface area contributed by atoms with E-state index in [2.05, 4.69) is 10.5 Å². The van der Waals surface area contributed by atoms with Gasteiger partial charge >= 0.3 is 0 Å². The maximum Gasteiger partial charge on any atom is 0.275 e. The molecule has 1 aromatic rings. The zero-order valence-corrected chi connectivity index (χ0v) is 8.61. The topological polar surface area (TPSA) is 87.7 Å². The number of carbonyl (C=O) groups excluding carboxylic acids is 1. The average molecular weight is 207 g/mol. The molecule has 0 unspecified atom stereocenters. The van der Waals surface area contributed by atoms with Crippen molar-refractivity contribution in [2.45, 2.75) is 13.8 Å². The van der Waals surface area contributed by atoms with E-state index in [9.17, 15) is 9.90 Å². The van der Waals surface area contributed by atoms with Gasteiger partial charge in [-0.05, 0) is 26.0 Å². The first-order chi connectivity index (χ1) is 7.00. The fraction of sp³-hybridized carbons (Fsp3) is 0.200. The van der Waals surface area contributed by atoms with Crippen LogP contribution >= 0.6 is 0 Å². The van der Waals surface area contributed by atoms with E-state index in [0.717, 1.165) is 5.71 Å². The standard InChI is InChI=1S/C10H13N3O2/c1-6(2)12-13-10(15)8-4-3-7(11)5-9(8)14/h3-5,14H,11H2,1-2H3,(H,13,15). The molecule has 0 aliphatic heterocycles. The van der Waals surface area contributed by atoms with Gasteiger partial charge in [0.05, 0.1) is 5.56 Å². The van der Waals surface area contributed by atoms with Gasteiger partial charge in [-0.25, -0.2) is 5.43 Å². The molecule has 4 N–H and O–H groups in total. The summed E-state index contributed by atoms with van der Waals surface area (Å²) in [5, 5.41) is 13.2. The Morgan fingerprint density at radius 3 is 2.67 bits per heavy atom. The van der Waals surface area contributed by atoms with Gasteiger partial charge < -0.3 is 10.8 Å². The molecule has 0 saturated carbocycles. The molecule has 1 rings (SSSR count). The SMILES string of the molecule is CC(C)=NNC(=O)c1ccc(N)cc1O. The summed E-state index contributed by atoms with van der Waals surface area (Å²) in [6.45, 7) is 3.51. The Hall–Kier alpha value is -2.04. The van der Waals surface area contributed by atoms with Crippen LogP contribution in [0.1, 0.15) is 24.2 Å². The van der Waals surface area contributed by atoms with E-state index in [1.54, 1.807) is 13.8 Å². The number of nitrogens with one attached hydrogen (secondary N) is 1. The summed E-state index contributed by atoms with van der Waals surface area (Å²) < 4.78 is 0. The number of amides is 1. The third-order valence-electron chi connectivity index (χ3n) is 1.65. The number of hydrogen-bond donors (Lipinski definition) is 3. The second-order valence-electron chi connectivity index (χ2n) is 3.28. The lowest BCUT2D eigenvalue weighted by molar-refractivity contribution is 0.0952. The van der Waals surface area contributed by atoms with Crippen molar-refractivity contribution < 1.29 is 9.90 Å². The molecule has 0 fully saturated rings. The number of nitrogens with two attached hydrogens (primary N) is 1. The number of nitrogen functional groups attached to an aromatic ring is 1. The van der Waals surface area contributed by atoms with Crippen LogP contribution in [0.15, 0.2) is 23.3 Å². The van der Waals surface area contributed by atoms with Crippen LogP contribution in [-0.2, 0) is 0 Å². The minimum Gasteiger partial charge on any atom is -0.507 e. The van der Waals surface area contributed by atoms with Crippen LogP contribution in [0.4, 0.5) is 5.69 Å². The molecule has 0 aliphatic rings. The van der Waals surface area contributed by atoms with Gasteiger partial charge in [0.15, 0.2) is 0 Å². The highest BCUT2D eigenvalue weighted by atomic mass is 16.3. The summed E-state index contributed by atoms with van der Waals surface area (Å²) in [5.74, 6) is -0.620. The summed E-state index contributed by atoms with van der Waals surface area (Å²) in [4.78, 5) is 11.5. The molecule has 15 heavy (non-hydrogen) atoms. The Balaban J connectivity index is 2.87. The zero-order chi connectivity index (χ0) is 11.4. The largest absolute Gasteiger partial charge is 0.507 e. The predicted octanol–water partition coefficient (Wildman–Crippen LogP) is 1.10. The fourth-order valence-corrected chi connectivity index (χ4v) is 0.963. The second-order valence-corrected chi connectivity index (χ2v) is 3.28. The van der Waals surface area contributed by atoms with Gasteiger partial charge in [-0.3, -0.25) is 4.79 Å². The molecule has 5 nitrogen and oxygen atoms in total. The van der Waals surface area contributed by atoms with Crippen molar-refractivity contribution in [3.8, 4) is 5.75 Å². The van der Waals surface area contributed by atoms with E-state index in [-0.39, 0.29) is 11.3 Å². The van der Waals surface area contributed by atoms with Crippen LogP contribution < -0.4 is 11.2 Å². The van der Waals surface area contributed by atoms with Crippen LogP contribution in [0.2, 0.25) is 0 Å². The van der Waals surface area contributed by atoms with Gasteiger partial charge in [0, 0.05) is 17.5 Å². The monoisotopic (exact) mass is 207 g/mol. The van der Waals surface area contributed by atoms with Crippen molar-refractivity contribution in [3.05, 3.63) is 23.8 Å². The summed E-state index contributed by atoms with van der Waals surface area (Å²) in [6.07, 6.45) is 0. The fourth-order valence-electron chi connectivity index (χ4n) is 0.963. The molecule has 1 amide bonds. The van der Waals surface area contributed by atoms with Crippen LogP contribution in [0.25, 0.3) is 0 Å². The van der Waals surface area contributed by atoms with E-state index >= 15 is 0 Å². The van der Waals surface area contributed by atoms with E-state index in [0.29, 0.717) is 5.69 Å². The minimum atomic E-state index is -0.464. The lowest BCUT2D eigenvalue weighted by Crippen LogP contribution is -2.18. The molecule has 0 atom stereocenters. The molecule has 80 valence electrons. The quantitative estimate of drug-likeness (QED) is 0.385. The van der Waals surface area contributed by atoms with Crippen LogP contribution in [-0.4, -0.2) is 16.7 Å². The molecule has 0 aromatic heterocycles. The Morgan fingerprint density at radius 2 is 2.13 bits per heavy atom. The predicted molar refractivity (Wildman–Crippen MR) is 58.8 cm³/mol. The molecule has 0 radical (unpaired) electrons. The number of rotatable bonds is 2. The molecular formula is C10H13N3O2. The third-order valence-corrected chi connectivity index (χ3v) is 1.65. The van der Waals surface area contributed by atoms with Crippen molar-refractivity contribution in [1.82, 2.24) is 5.43 Å².